The maximum absolute atomic E-state index is 12.1. The van der Waals surface area contributed by atoms with E-state index in [1.165, 1.54) is 6.42 Å². The molecule has 0 heterocycles. The summed E-state index contributed by atoms with van der Waals surface area (Å²) in [6, 6.07) is 0. The van der Waals surface area contributed by atoms with Gasteiger partial charge in [-0.3, -0.25) is 4.79 Å². The first-order valence-electron chi connectivity index (χ1n) is 5.17. The Morgan fingerprint density at radius 2 is 2.00 bits per heavy atom. The third-order valence-corrected chi connectivity index (χ3v) is 3.60. The highest BCUT2D eigenvalue weighted by atomic mass is 16.1. The molecule has 2 aliphatic carbocycles. The maximum atomic E-state index is 12.1. The molecule has 0 N–H and O–H groups in total. The smallest absolute Gasteiger partial charge is 0.148 e. The van der Waals surface area contributed by atoms with E-state index in [1.807, 2.05) is 0 Å². The van der Waals surface area contributed by atoms with Crippen LogP contribution in [0.3, 0.4) is 0 Å². The first-order chi connectivity index (χ1) is 5.94. The third kappa shape index (κ3) is 1.25. The van der Waals surface area contributed by atoms with Crippen LogP contribution in [0.4, 0.5) is 0 Å². The Morgan fingerprint density at radius 3 is 2.69 bits per heavy atom. The van der Waals surface area contributed by atoms with Crippen molar-refractivity contribution >= 4 is 5.78 Å². The number of carbonyl (C=O) groups is 1. The molecule has 13 heavy (non-hydrogen) atoms. The van der Waals surface area contributed by atoms with Crippen molar-refractivity contribution < 1.29 is 4.79 Å². The molecule has 1 saturated carbocycles. The van der Waals surface area contributed by atoms with E-state index in [0.717, 1.165) is 18.8 Å². The van der Waals surface area contributed by atoms with Crippen LogP contribution >= 0.6 is 0 Å². The fourth-order valence-electron chi connectivity index (χ4n) is 3.18. The molecule has 2 bridgehead atoms. The lowest BCUT2D eigenvalue weighted by Gasteiger charge is -2.45. The van der Waals surface area contributed by atoms with Crippen LogP contribution in [0.5, 0.6) is 0 Å². The minimum absolute atomic E-state index is 0.0948. The Kier molecular flexibility index (Phi) is 1.70. The zero-order valence-electron chi connectivity index (χ0n) is 8.76. The third-order valence-electron chi connectivity index (χ3n) is 3.60. The lowest BCUT2D eigenvalue weighted by Crippen LogP contribution is -2.46. The highest BCUT2D eigenvalue weighted by Gasteiger charge is 2.48. The van der Waals surface area contributed by atoms with Crippen LogP contribution in [0.1, 0.15) is 40.0 Å². The average molecular weight is 178 g/mol. The van der Waals surface area contributed by atoms with Gasteiger partial charge in [0.15, 0.2) is 0 Å². The summed E-state index contributed by atoms with van der Waals surface area (Å²) in [5.74, 6) is 1.18. The van der Waals surface area contributed by atoms with Gasteiger partial charge in [0.25, 0.3) is 0 Å². The van der Waals surface area contributed by atoms with Crippen LogP contribution < -0.4 is 0 Å². The summed E-state index contributed by atoms with van der Waals surface area (Å²) in [6.07, 6.45) is 7.65. The summed E-state index contributed by atoms with van der Waals surface area (Å²) in [5.41, 5.74) is -0.243. The number of carbonyl (C=O) groups excluding carboxylic acids is 1. The van der Waals surface area contributed by atoms with Gasteiger partial charge in [0.2, 0.25) is 0 Å². The number of fused-ring (bicyclic) bond motifs is 2. The zero-order valence-corrected chi connectivity index (χ0v) is 8.76. The summed E-state index contributed by atoms with van der Waals surface area (Å²) in [7, 11) is 0. The first kappa shape index (κ1) is 8.98. The van der Waals surface area contributed by atoms with Crippen LogP contribution in [-0.4, -0.2) is 5.78 Å². The fourth-order valence-corrected chi connectivity index (χ4v) is 3.18. The van der Waals surface area contributed by atoms with Crippen molar-refractivity contribution in [3.05, 3.63) is 12.2 Å². The number of rotatable bonds is 0. The molecule has 1 fully saturated rings. The first-order valence-corrected chi connectivity index (χ1v) is 5.17. The van der Waals surface area contributed by atoms with E-state index >= 15 is 0 Å². The van der Waals surface area contributed by atoms with Gasteiger partial charge in [-0.2, -0.15) is 0 Å². The van der Waals surface area contributed by atoms with Crippen molar-refractivity contribution in [2.45, 2.75) is 40.0 Å². The monoisotopic (exact) mass is 178 g/mol. The molecule has 2 aliphatic rings. The maximum Gasteiger partial charge on any atom is 0.148 e. The molecule has 0 aromatic heterocycles. The summed E-state index contributed by atoms with van der Waals surface area (Å²) in [4.78, 5) is 12.1. The van der Waals surface area contributed by atoms with Gasteiger partial charge in [-0.1, -0.05) is 26.0 Å². The normalized spacial score (nSPS) is 42.1. The zero-order chi connectivity index (χ0) is 9.69. The number of hydrogen-bond acceptors (Lipinski definition) is 1. The molecule has 2 unspecified atom stereocenters. The minimum Gasteiger partial charge on any atom is -0.298 e. The Morgan fingerprint density at radius 1 is 1.31 bits per heavy atom. The van der Waals surface area contributed by atoms with Gasteiger partial charge in [0.1, 0.15) is 5.78 Å². The van der Waals surface area contributed by atoms with Crippen LogP contribution in [0, 0.1) is 16.7 Å². The van der Waals surface area contributed by atoms with Gasteiger partial charge in [-0.25, -0.2) is 0 Å². The predicted octanol–water partition coefficient (Wildman–Crippen LogP) is 2.96. The second kappa shape index (κ2) is 2.46. The summed E-state index contributed by atoms with van der Waals surface area (Å²) >= 11 is 0. The lowest BCUT2D eigenvalue weighted by atomic mass is 9.57. The number of Topliss-reactive ketones (excluding diaryl/α,β-unsaturated/α-hetero) is 1. The van der Waals surface area contributed by atoms with Gasteiger partial charge in [-0.15, -0.1) is 0 Å². The number of ketones is 1. The van der Waals surface area contributed by atoms with Crippen molar-refractivity contribution in [1.82, 2.24) is 0 Å². The van der Waals surface area contributed by atoms with Crippen molar-refractivity contribution in [2.24, 2.45) is 16.7 Å². The van der Waals surface area contributed by atoms with E-state index in [0.29, 0.717) is 5.78 Å². The molecule has 0 saturated heterocycles. The van der Waals surface area contributed by atoms with E-state index in [9.17, 15) is 4.79 Å². The quantitative estimate of drug-likeness (QED) is 0.521. The summed E-state index contributed by atoms with van der Waals surface area (Å²) in [6.45, 7) is 6.29. The molecule has 2 rings (SSSR count). The molecule has 1 heteroatoms. The molecule has 72 valence electrons. The Bertz CT molecular complexity index is 275. The second-order valence-electron chi connectivity index (χ2n) is 5.54. The van der Waals surface area contributed by atoms with Crippen LogP contribution in [0.15, 0.2) is 12.2 Å². The summed E-state index contributed by atoms with van der Waals surface area (Å²) < 4.78 is 0. The highest BCUT2D eigenvalue weighted by molar-refractivity contribution is 5.92. The van der Waals surface area contributed by atoms with Crippen LogP contribution in [0.25, 0.3) is 0 Å². The molecule has 0 radical (unpaired) electrons. The largest absolute Gasteiger partial charge is 0.298 e. The standard InChI is InChI=1S/C12H18O/c1-11(2)7-9-5-4-6-12(3,8-9)10(11)13/h4,6,9H,5,7-8H2,1-3H3. The van der Waals surface area contributed by atoms with Crippen LogP contribution in [0.2, 0.25) is 0 Å². The molecule has 0 spiro atoms. The molecular formula is C12H18O. The van der Waals surface area contributed by atoms with Gasteiger partial charge < -0.3 is 0 Å². The Balaban J connectivity index is 2.41. The Hall–Kier alpha value is -0.590. The van der Waals surface area contributed by atoms with Crippen molar-refractivity contribution in [3.63, 3.8) is 0 Å². The molecule has 2 atom stereocenters. The van der Waals surface area contributed by atoms with E-state index in [4.69, 9.17) is 0 Å². The number of hydrogen-bond donors (Lipinski definition) is 0. The molecule has 0 aromatic rings. The average Bonchev–Trinajstić information content (AvgIpc) is 2.00. The molecule has 1 nitrogen and oxygen atoms in total. The van der Waals surface area contributed by atoms with Crippen molar-refractivity contribution in [3.8, 4) is 0 Å². The second-order valence-corrected chi connectivity index (χ2v) is 5.54. The van der Waals surface area contributed by atoms with Gasteiger partial charge in [0, 0.05) is 10.8 Å². The van der Waals surface area contributed by atoms with Gasteiger partial charge in [-0.05, 0) is 32.1 Å². The Labute approximate surface area is 80.2 Å². The molecular weight excluding hydrogens is 160 g/mol. The van der Waals surface area contributed by atoms with E-state index in [1.54, 1.807) is 0 Å². The van der Waals surface area contributed by atoms with Gasteiger partial charge in [0.05, 0.1) is 0 Å². The van der Waals surface area contributed by atoms with Crippen LogP contribution in [-0.2, 0) is 4.79 Å². The molecule has 0 aromatic carbocycles. The SMILES string of the molecule is CC1(C)CC2CC=CC(C)(C2)C1=O. The van der Waals surface area contributed by atoms with Gasteiger partial charge >= 0.3 is 0 Å². The topological polar surface area (TPSA) is 17.1 Å². The van der Waals surface area contributed by atoms with E-state index in [-0.39, 0.29) is 10.8 Å². The predicted molar refractivity (Wildman–Crippen MR) is 53.4 cm³/mol. The van der Waals surface area contributed by atoms with E-state index < -0.39 is 0 Å². The molecule has 0 amide bonds. The highest BCUT2D eigenvalue weighted by Crippen LogP contribution is 2.49. The lowest BCUT2D eigenvalue weighted by molar-refractivity contribution is -0.140. The number of allylic oxidation sites excluding steroid dienone is 2. The fraction of sp³-hybridized carbons (Fsp3) is 0.750. The summed E-state index contributed by atoms with van der Waals surface area (Å²) in [5, 5.41) is 0. The van der Waals surface area contributed by atoms with Crippen molar-refractivity contribution in [1.29, 1.82) is 0 Å². The minimum atomic E-state index is -0.148. The van der Waals surface area contributed by atoms with E-state index in [2.05, 4.69) is 32.9 Å². The van der Waals surface area contributed by atoms with Crippen molar-refractivity contribution in [2.75, 3.05) is 0 Å². The molecule has 0 aliphatic heterocycles.